The summed E-state index contributed by atoms with van der Waals surface area (Å²) >= 11 is 0. The van der Waals surface area contributed by atoms with E-state index in [9.17, 15) is 9.50 Å². The van der Waals surface area contributed by atoms with Crippen molar-refractivity contribution in [2.45, 2.75) is 19.1 Å². The molecule has 1 aromatic carbocycles. The number of hydrogen-bond acceptors (Lipinski definition) is 3. The van der Waals surface area contributed by atoms with Crippen molar-refractivity contribution in [3.63, 3.8) is 0 Å². The zero-order valence-electron chi connectivity index (χ0n) is 8.71. The van der Waals surface area contributed by atoms with Gasteiger partial charge in [-0.3, -0.25) is 0 Å². The van der Waals surface area contributed by atoms with Crippen LogP contribution in [0.4, 0.5) is 4.39 Å². The van der Waals surface area contributed by atoms with Gasteiger partial charge in [-0.2, -0.15) is 0 Å². The van der Waals surface area contributed by atoms with Crippen LogP contribution in [-0.4, -0.2) is 22.9 Å². The van der Waals surface area contributed by atoms with E-state index in [4.69, 9.17) is 10.6 Å². The van der Waals surface area contributed by atoms with E-state index in [0.717, 1.165) is 0 Å². The van der Waals surface area contributed by atoms with Crippen molar-refractivity contribution < 1.29 is 14.6 Å². The molecule has 0 aliphatic heterocycles. The van der Waals surface area contributed by atoms with E-state index in [-0.39, 0.29) is 0 Å². The van der Waals surface area contributed by atoms with Crippen LogP contribution in [0.1, 0.15) is 17.2 Å². The molecule has 0 bridgehead atoms. The highest BCUT2D eigenvalue weighted by atomic mass is 19.1. The Balaban J connectivity index is 3.10. The lowest BCUT2D eigenvalue weighted by atomic mass is 10.0. The van der Waals surface area contributed by atoms with Crippen LogP contribution < -0.4 is 0 Å². The quantitative estimate of drug-likeness (QED) is 0.465. The SMILES string of the molecule is Cc1ccc([C@@H](N=[N+]=[N-])[C@H](O)CO)cc1F. The van der Waals surface area contributed by atoms with Crippen molar-refractivity contribution in [3.05, 3.63) is 45.6 Å². The molecular weight excluding hydrogens is 213 g/mol. The maximum Gasteiger partial charge on any atom is 0.126 e. The normalized spacial score (nSPS) is 14.0. The lowest BCUT2D eigenvalue weighted by Gasteiger charge is -2.16. The van der Waals surface area contributed by atoms with Gasteiger partial charge in [0.15, 0.2) is 0 Å². The minimum absolute atomic E-state index is 0.336. The van der Waals surface area contributed by atoms with Gasteiger partial charge in [0.25, 0.3) is 0 Å². The van der Waals surface area contributed by atoms with Crippen LogP contribution in [0.2, 0.25) is 0 Å². The van der Waals surface area contributed by atoms with E-state index >= 15 is 0 Å². The first-order valence-electron chi connectivity index (χ1n) is 4.69. The molecule has 2 N–H and O–H groups in total. The van der Waals surface area contributed by atoms with Crippen molar-refractivity contribution in [2.24, 2.45) is 5.11 Å². The van der Waals surface area contributed by atoms with Gasteiger partial charge in [-0.1, -0.05) is 17.2 Å². The van der Waals surface area contributed by atoms with E-state index in [1.807, 2.05) is 0 Å². The van der Waals surface area contributed by atoms with Crippen molar-refractivity contribution in [1.29, 1.82) is 0 Å². The number of azide groups is 1. The monoisotopic (exact) mass is 225 g/mol. The Kier molecular flexibility index (Phi) is 4.25. The van der Waals surface area contributed by atoms with E-state index in [1.165, 1.54) is 12.1 Å². The summed E-state index contributed by atoms with van der Waals surface area (Å²) in [6.45, 7) is 1.04. The van der Waals surface area contributed by atoms with Crippen LogP contribution in [0.25, 0.3) is 10.4 Å². The van der Waals surface area contributed by atoms with Crippen LogP contribution in [-0.2, 0) is 0 Å². The van der Waals surface area contributed by atoms with Crippen LogP contribution in [0.3, 0.4) is 0 Å². The second-order valence-corrected chi connectivity index (χ2v) is 3.41. The maximum absolute atomic E-state index is 13.3. The number of nitrogens with zero attached hydrogens (tertiary/aromatic N) is 3. The molecule has 16 heavy (non-hydrogen) atoms. The lowest BCUT2D eigenvalue weighted by molar-refractivity contribution is 0.0741. The summed E-state index contributed by atoms with van der Waals surface area (Å²) < 4.78 is 13.3. The van der Waals surface area contributed by atoms with Gasteiger partial charge in [0.2, 0.25) is 0 Å². The highest BCUT2D eigenvalue weighted by molar-refractivity contribution is 5.26. The highest BCUT2D eigenvalue weighted by Gasteiger charge is 2.19. The van der Waals surface area contributed by atoms with E-state index in [0.29, 0.717) is 11.1 Å². The van der Waals surface area contributed by atoms with Crippen LogP contribution in [0.15, 0.2) is 23.3 Å². The smallest absolute Gasteiger partial charge is 0.126 e. The summed E-state index contributed by atoms with van der Waals surface area (Å²) in [6, 6.07) is 3.28. The molecule has 0 unspecified atom stereocenters. The van der Waals surface area contributed by atoms with Gasteiger partial charge in [-0.25, -0.2) is 4.39 Å². The Morgan fingerprint density at radius 3 is 2.75 bits per heavy atom. The molecule has 1 rings (SSSR count). The van der Waals surface area contributed by atoms with Gasteiger partial charge in [0.05, 0.1) is 18.8 Å². The van der Waals surface area contributed by atoms with Crippen molar-refractivity contribution in [2.75, 3.05) is 6.61 Å². The third-order valence-electron chi connectivity index (χ3n) is 2.26. The Labute approximate surface area is 91.8 Å². The van der Waals surface area contributed by atoms with Crippen molar-refractivity contribution >= 4 is 0 Å². The number of aliphatic hydroxyl groups excluding tert-OH is 2. The van der Waals surface area contributed by atoms with Crippen molar-refractivity contribution in [3.8, 4) is 0 Å². The number of aliphatic hydroxyl groups is 2. The summed E-state index contributed by atoms with van der Waals surface area (Å²) in [5, 5.41) is 21.6. The molecule has 86 valence electrons. The summed E-state index contributed by atoms with van der Waals surface area (Å²) in [4.78, 5) is 2.56. The van der Waals surface area contributed by atoms with Gasteiger partial charge in [0, 0.05) is 4.91 Å². The fraction of sp³-hybridized carbons (Fsp3) is 0.400. The molecule has 5 nitrogen and oxygen atoms in total. The molecule has 0 fully saturated rings. The second-order valence-electron chi connectivity index (χ2n) is 3.41. The van der Waals surface area contributed by atoms with Gasteiger partial charge in [-0.05, 0) is 29.6 Å². The molecule has 0 saturated heterocycles. The maximum atomic E-state index is 13.3. The molecule has 1 aromatic rings. The Morgan fingerprint density at radius 1 is 1.56 bits per heavy atom. The Hall–Kier alpha value is -1.62. The topological polar surface area (TPSA) is 89.2 Å². The minimum Gasteiger partial charge on any atom is -0.394 e. The van der Waals surface area contributed by atoms with E-state index in [1.54, 1.807) is 13.0 Å². The van der Waals surface area contributed by atoms with Crippen molar-refractivity contribution in [1.82, 2.24) is 0 Å². The summed E-state index contributed by atoms with van der Waals surface area (Å²) in [6.07, 6.45) is -1.24. The van der Waals surface area contributed by atoms with E-state index < -0.39 is 24.6 Å². The first kappa shape index (κ1) is 12.4. The zero-order chi connectivity index (χ0) is 12.1. The van der Waals surface area contributed by atoms with Gasteiger partial charge >= 0.3 is 0 Å². The zero-order valence-corrected chi connectivity index (χ0v) is 8.71. The first-order chi connectivity index (χ1) is 7.60. The summed E-state index contributed by atoms with van der Waals surface area (Å²) in [7, 11) is 0. The number of hydrogen-bond donors (Lipinski definition) is 2. The molecule has 0 amide bonds. The largest absolute Gasteiger partial charge is 0.394 e. The summed E-state index contributed by atoms with van der Waals surface area (Å²) in [5.41, 5.74) is 9.13. The lowest BCUT2D eigenvalue weighted by Crippen LogP contribution is -2.20. The fourth-order valence-electron chi connectivity index (χ4n) is 1.31. The molecule has 0 heterocycles. The average Bonchev–Trinajstić information content (AvgIpc) is 2.29. The van der Waals surface area contributed by atoms with Gasteiger partial charge in [-0.15, -0.1) is 0 Å². The first-order valence-corrected chi connectivity index (χ1v) is 4.69. The van der Waals surface area contributed by atoms with E-state index in [2.05, 4.69) is 10.0 Å². The predicted molar refractivity (Wildman–Crippen MR) is 56.1 cm³/mol. The molecule has 0 aliphatic carbocycles. The third kappa shape index (κ3) is 2.70. The highest BCUT2D eigenvalue weighted by Crippen LogP contribution is 2.23. The molecule has 0 spiro atoms. The summed E-state index contributed by atoms with van der Waals surface area (Å²) in [5.74, 6) is -0.444. The van der Waals surface area contributed by atoms with Crippen LogP contribution in [0, 0.1) is 12.7 Å². The molecule has 0 saturated carbocycles. The minimum atomic E-state index is -1.24. The number of aryl methyl sites for hydroxylation is 1. The fourth-order valence-corrected chi connectivity index (χ4v) is 1.31. The molecular formula is C10H12FN3O2. The molecule has 0 aromatic heterocycles. The van der Waals surface area contributed by atoms with Crippen LogP contribution in [0.5, 0.6) is 0 Å². The van der Waals surface area contributed by atoms with Crippen LogP contribution >= 0.6 is 0 Å². The number of halogens is 1. The number of benzene rings is 1. The predicted octanol–water partition coefficient (Wildman–Crippen LogP) is 1.84. The molecule has 0 aliphatic rings. The second kappa shape index (κ2) is 5.46. The Bertz CT molecular complexity index is 419. The van der Waals surface area contributed by atoms with Gasteiger partial charge in [0.1, 0.15) is 5.82 Å². The Morgan fingerprint density at radius 2 is 2.25 bits per heavy atom. The number of rotatable bonds is 4. The standard InChI is InChI=1S/C10H12FN3O2/c1-6-2-3-7(4-8(6)11)10(13-14-12)9(16)5-15/h2-4,9-10,15-16H,5H2,1H3/t9-,10-/m1/s1. The van der Waals surface area contributed by atoms with Gasteiger partial charge < -0.3 is 10.2 Å². The molecule has 2 atom stereocenters. The molecule has 0 radical (unpaired) electrons. The third-order valence-corrected chi connectivity index (χ3v) is 2.26. The average molecular weight is 225 g/mol. The molecule has 6 heteroatoms.